The molecule has 6 nitrogen and oxygen atoms in total. The van der Waals surface area contributed by atoms with Crippen LogP contribution in [-0.4, -0.2) is 36.3 Å². The summed E-state index contributed by atoms with van der Waals surface area (Å²) in [6.45, 7) is 1.71. The predicted molar refractivity (Wildman–Crippen MR) is 111 cm³/mol. The molecule has 0 radical (unpaired) electrons. The minimum atomic E-state index is -0.474. The lowest BCUT2D eigenvalue weighted by Gasteiger charge is -2.24. The summed E-state index contributed by atoms with van der Waals surface area (Å²) in [6.07, 6.45) is 2.16. The molecule has 2 aromatic rings. The minimum absolute atomic E-state index is 0.0138. The Morgan fingerprint density at radius 2 is 1.69 bits per heavy atom. The second kappa shape index (κ2) is 9.85. The van der Waals surface area contributed by atoms with Gasteiger partial charge in [-0.05, 0) is 36.1 Å². The molecule has 1 saturated heterocycles. The summed E-state index contributed by atoms with van der Waals surface area (Å²) in [5, 5.41) is 11.9. The Hall–Kier alpha value is -3.17. The maximum Gasteiger partial charge on any atom is 0.231 e. The van der Waals surface area contributed by atoms with E-state index in [0.717, 1.165) is 37.1 Å². The van der Waals surface area contributed by atoms with Crippen LogP contribution in [0.1, 0.15) is 47.9 Å². The van der Waals surface area contributed by atoms with E-state index in [1.807, 2.05) is 35.2 Å². The van der Waals surface area contributed by atoms with Crippen LogP contribution in [0.5, 0.6) is 0 Å². The highest BCUT2D eigenvalue weighted by atomic mass is 16.2. The summed E-state index contributed by atoms with van der Waals surface area (Å²) < 4.78 is 0. The Morgan fingerprint density at radius 3 is 2.31 bits per heavy atom. The number of amides is 2. The molecule has 0 aromatic heterocycles. The Morgan fingerprint density at radius 1 is 1.03 bits per heavy atom. The lowest BCUT2D eigenvalue weighted by molar-refractivity contribution is -0.131. The fraction of sp³-hybridized carbons (Fsp3) is 0.348. The van der Waals surface area contributed by atoms with Crippen LogP contribution >= 0.6 is 0 Å². The maximum absolute atomic E-state index is 13.0. The van der Waals surface area contributed by atoms with E-state index in [1.165, 1.54) is 0 Å². The number of hydrogen-bond acceptors (Lipinski definition) is 4. The van der Waals surface area contributed by atoms with Gasteiger partial charge in [-0.1, -0.05) is 42.5 Å². The lowest BCUT2D eigenvalue weighted by atomic mass is 9.96. The van der Waals surface area contributed by atoms with Gasteiger partial charge in [0.25, 0.3) is 0 Å². The standard InChI is InChI=1S/C23H26N4O2/c24-15-17-8-10-18(11-9-17)20(23(29)27-12-4-5-13-27)16-26-22(28)14-21(25)19-6-2-1-3-7-19/h1-3,6-11,20-21H,4-5,12-14,16,25H2,(H,26,28). The second-order valence-corrected chi connectivity index (χ2v) is 7.34. The van der Waals surface area contributed by atoms with E-state index in [9.17, 15) is 9.59 Å². The van der Waals surface area contributed by atoms with Crippen molar-refractivity contribution in [2.45, 2.75) is 31.2 Å². The summed E-state index contributed by atoms with van der Waals surface area (Å²) >= 11 is 0. The van der Waals surface area contributed by atoms with Gasteiger partial charge in [-0.15, -0.1) is 0 Å². The van der Waals surface area contributed by atoms with Crippen molar-refractivity contribution in [3.8, 4) is 6.07 Å². The average Bonchev–Trinajstić information content (AvgIpc) is 3.29. The van der Waals surface area contributed by atoms with Gasteiger partial charge in [-0.25, -0.2) is 0 Å². The molecule has 6 heteroatoms. The first-order chi connectivity index (χ1) is 14.1. The summed E-state index contributed by atoms with van der Waals surface area (Å²) in [6, 6.07) is 18.2. The topological polar surface area (TPSA) is 99.2 Å². The van der Waals surface area contributed by atoms with Gasteiger partial charge < -0.3 is 16.0 Å². The third-order valence-electron chi connectivity index (χ3n) is 5.29. The fourth-order valence-electron chi connectivity index (χ4n) is 3.60. The van der Waals surface area contributed by atoms with Crippen molar-refractivity contribution < 1.29 is 9.59 Å². The molecule has 0 saturated carbocycles. The number of hydrogen-bond donors (Lipinski definition) is 2. The molecule has 1 aliphatic rings. The van der Waals surface area contributed by atoms with Gasteiger partial charge >= 0.3 is 0 Å². The average molecular weight is 390 g/mol. The van der Waals surface area contributed by atoms with Crippen molar-refractivity contribution >= 4 is 11.8 Å². The Kier molecular flexibility index (Phi) is 6.99. The molecule has 150 valence electrons. The Balaban J connectivity index is 1.66. The van der Waals surface area contributed by atoms with E-state index in [2.05, 4.69) is 11.4 Å². The molecule has 2 amide bonds. The van der Waals surface area contributed by atoms with Gasteiger partial charge in [0.05, 0.1) is 17.6 Å². The van der Waals surface area contributed by atoms with Crippen molar-refractivity contribution in [1.29, 1.82) is 5.26 Å². The van der Waals surface area contributed by atoms with Crippen LogP contribution in [0, 0.1) is 11.3 Å². The van der Waals surface area contributed by atoms with Crippen LogP contribution in [0.3, 0.4) is 0 Å². The molecule has 3 rings (SSSR count). The Bertz CT molecular complexity index is 868. The molecule has 1 aliphatic heterocycles. The molecule has 0 aliphatic carbocycles. The molecule has 3 N–H and O–H groups in total. The lowest BCUT2D eigenvalue weighted by Crippen LogP contribution is -2.39. The summed E-state index contributed by atoms with van der Waals surface area (Å²) in [7, 11) is 0. The third-order valence-corrected chi connectivity index (χ3v) is 5.29. The number of nitrogens with one attached hydrogen (secondary N) is 1. The zero-order valence-electron chi connectivity index (χ0n) is 16.4. The summed E-state index contributed by atoms with van der Waals surface area (Å²) in [5.74, 6) is -0.646. The zero-order valence-corrected chi connectivity index (χ0v) is 16.4. The molecule has 2 atom stereocenters. The van der Waals surface area contributed by atoms with E-state index < -0.39 is 5.92 Å². The molecule has 1 fully saturated rings. The van der Waals surface area contributed by atoms with Crippen LogP contribution < -0.4 is 11.1 Å². The smallest absolute Gasteiger partial charge is 0.231 e. The fourth-order valence-corrected chi connectivity index (χ4v) is 3.60. The molecule has 2 unspecified atom stereocenters. The van der Waals surface area contributed by atoms with Crippen LogP contribution in [0.4, 0.5) is 0 Å². The molecule has 1 heterocycles. The molecule has 29 heavy (non-hydrogen) atoms. The van der Waals surface area contributed by atoms with E-state index in [4.69, 9.17) is 11.0 Å². The highest BCUT2D eigenvalue weighted by molar-refractivity contribution is 5.85. The van der Waals surface area contributed by atoms with Gasteiger partial charge in [-0.2, -0.15) is 5.26 Å². The summed E-state index contributed by atoms with van der Waals surface area (Å²) in [5.41, 5.74) is 8.38. The third kappa shape index (κ3) is 5.43. The van der Waals surface area contributed by atoms with Gasteiger partial charge in [0.15, 0.2) is 0 Å². The van der Waals surface area contributed by atoms with Crippen LogP contribution in [0.2, 0.25) is 0 Å². The van der Waals surface area contributed by atoms with Gasteiger partial charge in [-0.3, -0.25) is 9.59 Å². The molecule has 0 spiro atoms. The molecule has 2 aromatic carbocycles. The number of nitrogens with zero attached hydrogens (tertiary/aromatic N) is 2. The number of benzene rings is 2. The number of nitriles is 1. The maximum atomic E-state index is 13.0. The Labute approximate surface area is 171 Å². The van der Waals surface area contributed by atoms with Crippen molar-refractivity contribution in [3.63, 3.8) is 0 Å². The number of carbonyl (C=O) groups is 2. The summed E-state index contributed by atoms with van der Waals surface area (Å²) in [4.78, 5) is 27.3. The van der Waals surface area contributed by atoms with E-state index >= 15 is 0 Å². The van der Waals surface area contributed by atoms with Crippen molar-refractivity contribution in [3.05, 3.63) is 71.3 Å². The highest BCUT2D eigenvalue weighted by Crippen LogP contribution is 2.22. The molecular weight excluding hydrogens is 364 g/mol. The van der Waals surface area contributed by atoms with Gasteiger partial charge in [0.1, 0.15) is 0 Å². The molecular formula is C23H26N4O2. The number of nitrogens with two attached hydrogens (primary N) is 1. The number of likely N-dealkylation sites (tertiary alicyclic amines) is 1. The zero-order chi connectivity index (χ0) is 20.6. The first kappa shape index (κ1) is 20.6. The van der Waals surface area contributed by atoms with Crippen molar-refractivity contribution in [1.82, 2.24) is 10.2 Å². The first-order valence-corrected chi connectivity index (χ1v) is 9.94. The minimum Gasteiger partial charge on any atom is -0.355 e. The quantitative estimate of drug-likeness (QED) is 0.759. The van der Waals surface area contributed by atoms with Gasteiger partial charge in [0.2, 0.25) is 11.8 Å². The first-order valence-electron chi connectivity index (χ1n) is 9.94. The second-order valence-electron chi connectivity index (χ2n) is 7.34. The van der Waals surface area contributed by atoms with Crippen LogP contribution in [-0.2, 0) is 9.59 Å². The van der Waals surface area contributed by atoms with E-state index in [0.29, 0.717) is 5.56 Å². The van der Waals surface area contributed by atoms with Crippen molar-refractivity contribution in [2.24, 2.45) is 5.73 Å². The number of rotatable bonds is 7. The largest absolute Gasteiger partial charge is 0.355 e. The van der Waals surface area contributed by atoms with E-state index in [-0.39, 0.29) is 30.8 Å². The van der Waals surface area contributed by atoms with Crippen LogP contribution in [0.25, 0.3) is 0 Å². The van der Waals surface area contributed by atoms with Gasteiger partial charge in [0, 0.05) is 32.1 Å². The van der Waals surface area contributed by atoms with E-state index in [1.54, 1.807) is 24.3 Å². The molecule has 0 bridgehead atoms. The SMILES string of the molecule is N#Cc1ccc(C(CNC(=O)CC(N)c2ccccc2)C(=O)N2CCCC2)cc1. The highest BCUT2D eigenvalue weighted by Gasteiger charge is 2.28. The number of carbonyl (C=O) groups excluding carboxylic acids is 2. The monoisotopic (exact) mass is 390 g/mol. The normalized spacial score (nSPS) is 15.4. The van der Waals surface area contributed by atoms with Crippen molar-refractivity contribution in [2.75, 3.05) is 19.6 Å². The van der Waals surface area contributed by atoms with Crippen LogP contribution in [0.15, 0.2) is 54.6 Å². The predicted octanol–water partition coefficient (Wildman–Crippen LogP) is 2.47.